The number of benzene rings is 2. The Bertz CT molecular complexity index is 2990. The summed E-state index contributed by atoms with van der Waals surface area (Å²) in [6.07, 6.45) is -13.7. The van der Waals surface area contributed by atoms with Gasteiger partial charge in [-0.15, -0.1) is 0 Å². The number of hydrogen-bond acceptors (Lipinski definition) is 21. The molecule has 25 heteroatoms. The average Bonchev–Trinajstić information content (AvgIpc) is 1.13. The average molecular weight is 1170 g/mol. The minimum Gasteiger partial charge on any atom is -0.456 e. The summed E-state index contributed by atoms with van der Waals surface area (Å²) in [5, 5.41) is 73.2. The van der Waals surface area contributed by atoms with Crippen LogP contribution < -0.4 is 16.3 Å². The first-order chi connectivity index (χ1) is 38.8. The number of Topliss-reactive ketones (excluding diaryl/α,β-unsaturated/α-hetero) is 1. The highest BCUT2D eigenvalue weighted by Gasteiger charge is 2.78. The number of fused-ring (bicyclic) bond motifs is 5. The van der Waals surface area contributed by atoms with Gasteiger partial charge in [0.15, 0.2) is 35.4 Å². The molecular formula is C58H75FN4O20. The number of halogens is 1. The molecular weight excluding hydrogens is 1090 g/mol. The summed E-state index contributed by atoms with van der Waals surface area (Å²) in [5.74, 6) is -6.95. The Kier molecular flexibility index (Phi) is 19.1. The van der Waals surface area contributed by atoms with E-state index in [1.807, 2.05) is 6.92 Å². The molecule has 5 aliphatic rings. The number of carbonyl (C=O) groups excluding carboxylic acids is 6. The fourth-order valence-electron chi connectivity index (χ4n) is 12.0. The summed E-state index contributed by atoms with van der Waals surface area (Å²) in [4.78, 5) is 96.0. The predicted molar refractivity (Wildman–Crippen MR) is 288 cm³/mol. The molecule has 2 saturated heterocycles. The Balaban J connectivity index is 0.000000330. The van der Waals surface area contributed by atoms with E-state index >= 15 is 0 Å². The lowest BCUT2D eigenvalue weighted by Crippen LogP contribution is -2.81. The molecule has 8 N–H and O–H groups in total. The molecule has 24 nitrogen and oxygen atoms in total. The third kappa shape index (κ3) is 12.6. The Morgan fingerprint density at radius 1 is 0.928 bits per heavy atom. The minimum absolute atomic E-state index is 0.0637. The number of rotatable bonds is 14. The number of ketones is 1. The van der Waals surface area contributed by atoms with Crippen LogP contribution in [0.1, 0.15) is 130 Å². The van der Waals surface area contributed by atoms with Gasteiger partial charge in [-0.1, -0.05) is 82.1 Å². The van der Waals surface area contributed by atoms with E-state index in [1.54, 1.807) is 83.1 Å². The number of nitrogens with zero attached hydrogens (tertiary/aromatic N) is 2. The first-order valence-corrected chi connectivity index (χ1v) is 27.4. The molecule has 0 spiro atoms. The van der Waals surface area contributed by atoms with Crippen LogP contribution in [0.15, 0.2) is 82.8 Å². The Morgan fingerprint density at radius 3 is 2.13 bits per heavy atom. The van der Waals surface area contributed by atoms with Gasteiger partial charge in [0, 0.05) is 25.2 Å². The topological polar surface area (TPSA) is 347 Å². The van der Waals surface area contributed by atoms with Crippen molar-refractivity contribution in [2.75, 3.05) is 18.5 Å². The number of alkyl carbamates (subject to hydrolysis) is 1. The molecule has 83 heavy (non-hydrogen) atoms. The van der Waals surface area contributed by atoms with Gasteiger partial charge in [0.1, 0.15) is 47.8 Å². The molecule has 2 aliphatic heterocycles. The SMILES string of the molecule is CC(=O)O[C@@]12CO[C@@H]1C[C@H](O)[C@@]1(C)C(=O)[C@H](O)C3=C(C)[C@@H](OC(=O)C(O)[C@@H](NC(=O)OC(C)(C)C)c4ccccc4)C[C@@](O)([C@@H](OC(=O)c4ccccc4)[C@H]21)C3(C)C.CCCCCOC(=O)Nc1nc(=O)n([C@@H]2O[C@H](C)[C@@H](O)[C@H]2O)cc1F. The molecule has 8 rings (SSSR count). The molecule has 15 atom stereocenters. The maximum atomic E-state index is 14.9. The lowest BCUT2D eigenvalue weighted by molar-refractivity contribution is -0.346. The fraction of sp³-hybridized carbons (Fsp3) is 0.586. The van der Waals surface area contributed by atoms with Crippen molar-refractivity contribution in [2.24, 2.45) is 16.7 Å². The highest BCUT2D eigenvalue weighted by molar-refractivity contribution is 5.94. The zero-order valence-corrected chi connectivity index (χ0v) is 47.9. The molecule has 2 saturated carbocycles. The number of anilines is 1. The second-order valence-electron chi connectivity index (χ2n) is 23.4. The maximum absolute atomic E-state index is 14.9. The first kappa shape index (κ1) is 63.9. The lowest BCUT2D eigenvalue weighted by Gasteiger charge is -2.67. The van der Waals surface area contributed by atoms with Crippen molar-refractivity contribution in [3.63, 3.8) is 0 Å². The number of unbranched alkanes of at least 4 members (excludes halogenated alkanes) is 2. The van der Waals surface area contributed by atoms with Gasteiger partial charge in [-0.25, -0.2) is 28.4 Å². The summed E-state index contributed by atoms with van der Waals surface area (Å²) in [5.41, 5.74) is -9.09. The molecule has 3 aromatic rings. The number of amides is 2. The van der Waals surface area contributed by atoms with Crippen molar-refractivity contribution in [2.45, 2.75) is 185 Å². The molecule has 1 aromatic heterocycles. The number of hydrogen-bond donors (Lipinski definition) is 8. The highest BCUT2D eigenvalue weighted by Crippen LogP contribution is 2.64. The van der Waals surface area contributed by atoms with Crippen LogP contribution in [0.4, 0.5) is 19.8 Å². The minimum atomic E-state index is -2.35. The van der Waals surface area contributed by atoms with Crippen LogP contribution in [-0.4, -0.2) is 161 Å². The van der Waals surface area contributed by atoms with E-state index in [9.17, 15) is 68.6 Å². The molecule has 454 valence electrons. The van der Waals surface area contributed by atoms with Crippen LogP contribution in [-0.2, 0) is 47.5 Å². The number of nitrogens with one attached hydrogen (secondary N) is 2. The molecule has 4 fully saturated rings. The molecule has 0 radical (unpaired) electrons. The summed E-state index contributed by atoms with van der Waals surface area (Å²) in [6, 6.07) is 14.6. The smallest absolute Gasteiger partial charge is 0.412 e. The molecule has 3 aliphatic carbocycles. The zero-order valence-electron chi connectivity index (χ0n) is 47.9. The number of ether oxygens (including phenoxy) is 7. The van der Waals surface area contributed by atoms with E-state index in [0.29, 0.717) is 12.0 Å². The number of aliphatic hydroxyl groups is 6. The normalized spacial score (nSPS) is 31.3. The predicted octanol–water partition coefficient (Wildman–Crippen LogP) is 4.02. The van der Waals surface area contributed by atoms with Crippen LogP contribution in [0.25, 0.3) is 0 Å². The van der Waals surface area contributed by atoms with Crippen LogP contribution in [0, 0.1) is 22.6 Å². The second-order valence-corrected chi connectivity index (χ2v) is 23.4. The fourth-order valence-corrected chi connectivity index (χ4v) is 12.0. The van der Waals surface area contributed by atoms with Crippen molar-refractivity contribution in [3.05, 3.63) is 105 Å². The van der Waals surface area contributed by atoms with Crippen molar-refractivity contribution in [1.82, 2.24) is 14.9 Å². The van der Waals surface area contributed by atoms with Gasteiger partial charge >= 0.3 is 35.8 Å². The van der Waals surface area contributed by atoms with Gasteiger partial charge in [-0.05, 0) is 76.8 Å². The van der Waals surface area contributed by atoms with Crippen molar-refractivity contribution in [3.8, 4) is 0 Å². The van der Waals surface area contributed by atoms with Gasteiger partial charge in [0.05, 0.1) is 54.6 Å². The van der Waals surface area contributed by atoms with Gasteiger partial charge in [0.25, 0.3) is 0 Å². The molecule has 2 amide bonds. The van der Waals surface area contributed by atoms with Crippen molar-refractivity contribution < 1.29 is 97.0 Å². The van der Waals surface area contributed by atoms with Crippen LogP contribution in [0.3, 0.4) is 0 Å². The monoisotopic (exact) mass is 1170 g/mol. The largest absolute Gasteiger partial charge is 0.456 e. The standard InChI is InChI=1S/C43H53NO14.C15H22FN3O6/c1-22-26(55-37(51)32(48)30(24-15-11-9-12-16-24)44-38(52)58-39(3,4)5)20-43(53)35(56-36(50)25-17-13-10-14-18-25)33-41(8,34(49)31(47)29(22)40(43,6)7)27(46)19-28-42(33,21-54-28)57-23(2)45;1-3-4-5-6-24-15(23)18-12-9(16)7-19(14(22)17-12)13-11(21)10(20)8(2)25-13/h9-18,26-28,30-33,35,46-48,53H,19-21H2,1-8H3,(H,44,52);7-8,10-11,13,20-21H,3-6H2,1-2H3,(H,17,18,22,23)/t26-,27-,28+,30-,31+,32?,33-,35-,41+,42-,43+;8-,10-,11-,13-/m01/s1. The number of aromatic nitrogens is 2. The van der Waals surface area contributed by atoms with Crippen LogP contribution in [0.5, 0.6) is 0 Å². The van der Waals surface area contributed by atoms with Gasteiger partial charge in [-0.2, -0.15) is 4.98 Å². The van der Waals surface area contributed by atoms with Gasteiger partial charge in [0.2, 0.25) is 0 Å². The van der Waals surface area contributed by atoms with E-state index in [2.05, 4.69) is 15.6 Å². The molecule has 3 heterocycles. The lowest BCUT2D eigenvalue weighted by atomic mass is 9.44. The molecule has 2 aromatic carbocycles. The highest BCUT2D eigenvalue weighted by atomic mass is 19.1. The maximum Gasteiger partial charge on any atom is 0.412 e. The quantitative estimate of drug-likeness (QED) is 0.0489. The molecule has 2 bridgehead atoms. The van der Waals surface area contributed by atoms with Crippen LogP contribution in [0.2, 0.25) is 0 Å². The van der Waals surface area contributed by atoms with Crippen LogP contribution >= 0.6 is 0 Å². The Labute approximate surface area is 478 Å². The number of aliphatic hydroxyl groups excluding tert-OH is 5. The van der Waals surface area contributed by atoms with Crippen molar-refractivity contribution >= 4 is 41.7 Å². The zero-order chi connectivity index (χ0) is 61.3. The summed E-state index contributed by atoms with van der Waals surface area (Å²) in [6.45, 7) is 15.5. The third-order valence-electron chi connectivity index (χ3n) is 16.4. The van der Waals surface area contributed by atoms with Gasteiger partial charge < -0.3 is 69.1 Å². The molecule has 1 unspecified atom stereocenters. The van der Waals surface area contributed by atoms with E-state index in [1.165, 1.54) is 32.9 Å². The number of esters is 3. The van der Waals surface area contributed by atoms with E-state index in [4.69, 9.17) is 33.2 Å². The van der Waals surface area contributed by atoms with E-state index in [0.717, 1.165) is 30.5 Å². The van der Waals surface area contributed by atoms with E-state index in [-0.39, 0.29) is 36.3 Å². The Morgan fingerprint density at radius 2 is 1.57 bits per heavy atom. The van der Waals surface area contributed by atoms with Gasteiger partial charge in [-0.3, -0.25) is 19.5 Å². The Hall–Kier alpha value is -6.71. The summed E-state index contributed by atoms with van der Waals surface area (Å²) >= 11 is 0. The summed E-state index contributed by atoms with van der Waals surface area (Å²) < 4.78 is 54.5. The summed E-state index contributed by atoms with van der Waals surface area (Å²) in [7, 11) is 0. The van der Waals surface area contributed by atoms with Crippen molar-refractivity contribution in [1.29, 1.82) is 0 Å². The number of carbonyl (C=O) groups is 6. The third-order valence-corrected chi connectivity index (χ3v) is 16.4. The first-order valence-electron chi connectivity index (χ1n) is 27.4. The second kappa shape index (κ2) is 24.9. The van der Waals surface area contributed by atoms with E-state index < -0.39 is 160 Å².